The number of anilines is 1. The fourth-order valence-electron chi connectivity index (χ4n) is 2.06. The van der Waals surface area contributed by atoms with Gasteiger partial charge in [-0.15, -0.1) is 10.2 Å². The van der Waals surface area contributed by atoms with Crippen LogP contribution in [0.2, 0.25) is 0 Å². The zero-order valence-corrected chi connectivity index (χ0v) is 9.89. The van der Waals surface area contributed by atoms with Crippen LogP contribution in [0, 0.1) is 5.92 Å². The van der Waals surface area contributed by atoms with Gasteiger partial charge in [0, 0.05) is 13.1 Å². The third-order valence-electron chi connectivity index (χ3n) is 2.98. The average Bonchev–Trinajstić information content (AvgIpc) is 2.38. The highest BCUT2D eigenvalue weighted by atomic mass is 16.2. The van der Waals surface area contributed by atoms with Crippen molar-refractivity contribution in [3.8, 4) is 0 Å². The second-order valence-corrected chi connectivity index (χ2v) is 4.45. The topological polar surface area (TPSA) is 84.1 Å². The molecule has 0 spiro atoms. The van der Waals surface area contributed by atoms with Gasteiger partial charge in [-0.05, 0) is 30.9 Å². The van der Waals surface area contributed by atoms with E-state index in [0.29, 0.717) is 17.4 Å². The first kappa shape index (κ1) is 11.8. The molecular formula is C11H17N5O. The number of carbonyl (C=O) groups is 1. The van der Waals surface area contributed by atoms with Crippen molar-refractivity contribution in [3.05, 3.63) is 17.8 Å². The van der Waals surface area contributed by atoms with Crippen LogP contribution >= 0.6 is 0 Å². The predicted octanol–water partition coefficient (Wildman–Crippen LogP) is 0.634. The van der Waals surface area contributed by atoms with Crippen LogP contribution in [0.4, 0.5) is 5.82 Å². The Bertz CT molecular complexity index is 391. The number of nitrogens with zero attached hydrogens (tertiary/aromatic N) is 3. The summed E-state index contributed by atoms with van der Waals surface area (Å²) in [4.78, 5) is 14.0. The first-order chi connectivity index (χ1) is 8.20. The minimum absolute atomic E-state index is 0.0485. The number of nitrogen functional groups attached to an aromatic ring is 1. The van der Waals surface area contributed by atoms with E-state index in [1.165, 1.54) is 6.42 Å². The van der Waals surface area contributed by atoms with Crippen LogP contribution in [0.1, 0.15) is 30.3 Å². The minimum atomic E-state index is -0.0485. The Balaban J connectivity index is 2.07. The number of piperidine rings is 1. The first-order valence-electron chi connectivity index (χ1n) is 5.80. The van der Waals surface area contributed by atoms with E-state index in [1.807, 2.05) is 4.90 Å². The van der Waals surface area contributed by atoms with Crippen molar-refractivity contribution in [1.82, 2.24) is 15.1 Å². The molecule has 2 heterocycles. The highest BCUT2D eigenvalue weighted by Crippen LogP contribution is 2.17. The van der Waals surface area contributed by atoms with Gasteiger partial charge in [0.2, 0.25) is 0 Å². The fraction of sp³-hybridized carbons (Fsp3) is 0.545. The summed E-state index contributed by atoms with van der Waals surface area (Å²) in [5, 5.41) is 7.66. The minimum Gasteiger partial charge on any atom is -0.337 e. The summed E-state index contributed by atoms with van der Waals surface area (Å²) in [5.41, 5.74) is 2.75. The molecule has 0 aromatic carbocycles. The normalized spacial score (nSPS) is 20.1. The average molecular weight is 235 g/mol. The van der Waals surface area contributed by atoms with Gasteiger partial charge in [-0.25, -0.2) is 5.84 Å². The summed E-state index contributed by atoms with van der Waals surface area (Å²) < 4.78 is 0. The molecule has 1 aliphatic heterocycles. The summed E-state index contributed by atoms with van der Waals surface area (Å²) in [6.45, 7) is 3.77. The number of hydrazine groups is 1. The zero-order valence-electron chi connectivity index (χ0n) is 9.89. The van der Waals surface area contributed by atoms with Crippen molar-refractivity contribution in [2.75, 3.05) is 18.5 Å². The summed E-state index contributed by atoms with van der Waals surface area (Å²) in [5.74, 6) is 6.15. The molecule has 1 aromatic rings. The molecule has 1 aliphatic rings. The van der Waals surface area contributed by atoms with Crippen molar-refractivity contribution < 1.29 is 4.79 Å². The van der Waals surface area contributed by atoms with Crippen LogP contribution in [0.25, 0.3) is 0 Å². The molecule has 0 saturated carbocycles. The molecule has 0 radical (unpaired) electrons. The van der Waals surface area contributed by atoms with Crippen molar-refractivity contribution in [3.63, 3.8) is 0 Å². The Morgan fingerprint density at radius 2 is 2.35 bits per heavy atom. The van der Waals surface area contributed by atoms with E-state index < -0.39 is 0 Å². The van der Waals surface area contributed by atoms with Crippen LogP contribution in [0.15, 0.2) is 12.1 Å². The lowest BCUT2D eigenvalue weighted by molar-refractivity contribution is 0.0676. The highest BCUT2D eigenvalue weighted by Gasteiger charge is 2.22. The number of nitrogens with one attached hydrogen (secondary N) is 1. The first-order valence-corrected chi connectivity index (χ1v) is 5.80. The SMILES string of the molecule is CC1CCCN(C(=O)c2ccc(NN)nn2)C1. The molecule has 17 heavy (non-hydrogen) atoms. The molecule has 0 bridgehead atoms. The molecule has 1 fully saturated rings. The van der Waals surface area contributed by atoms with E-state index in [1.54, 1.807) is 12.1 Å². The number of nitrogens with two attached hydrogens (primary N) is 1. The van der Waals surface area contributed by atoms with Gasteiger partial charge in [0.15, 0.2) is 11.5 Å². The molecule has 6 nitrogen and oxygen atoms in total. The molecule has 3 N–H and O–H groups in total. The lowest BCUT2D eigenvalue weighted by Gasteiger charge is -2.30. The Labute approximate surface area is 100 Å². The third kappa shape index (κ3) is 2.71. The van der Waals surface area contributed by atoms with Crippen LogP contribution in [0.5, 0.6) is 0 Å². The molecular weight excluding hydrogens is 218 g/mol. The molecule has 1 saturated heterocycles. The second kappa shape index (κ2) is 5.09. The monoisotopic (exact) mass is 235 g/mol. The quantitative estimate of drug-likeness (QED) is 0.580. The predicted molar refractivity (Wildman–Crippen MR) is 64.1 cm³/mol. The van der Waals surface area contributed by atoms with Gasteiger partial charge in [-0.3, -0.25) is 4.79 Å². The number of rotatable bonds is 2. The molecule has 6 heteroatoms. The fourth-order valence-corrected chi connectivity index (χ4v) is 2.06. The van der Waals surface area contributed by atoms with Crippen LogP contribution < -0.4 is 11.3 Å². The van der Waals surface area contributed by atoms with Gasteiger partial charge in [0.1, 0.15) is 0 Å². The lowest BCUT2D eigenvalue weighted by Crippen LogP contribution is -2.39. The number of carbonyl (C=O) groups excluding carboxylic acids is 1. The van der Waals surface area contributed by atoms with E-state index in [4.69, 9.17) is 5.84 Å². The van der Waals surface area contributed by atoms with E-state index in [0.717, 1.165) is 19.5 Å². The van der Waals surface area contributed by atoms with E-state index >= 15 is 0 Å². The lowest BCUT2D eigenvalue weighted by atomic mass is 10.00. The number of hydrogen-bond acceptors (Lipinski definition) is 5. The number of likely N-dealkylation sites (tertiary alicyclic amines) is 1. The van der Waals surface area contributed by atoms with Gasteiger partial charge in [-0.2, -0.15) is 0 Å². The molecule has 0 aliphatic carbocycles. The van der Waals surface area contributed by atoms with Crippen LogP contribution in [-0.4, -0.2) is 34.1 Å². The maximum atomic E-state index is 12.1. The van der Waals surface area contributed by atoms with E-state index in [9.17, 15) is 4.79 Å². The van der Waals surface area contributed by atoms with Crippen LogP contribution in [0.3, 0.4) is 0 Å². The van der Waals surface area contributed by atoms with Crippen molar-refractivity contribution in [1.29, 1.82) is 0 Å². The number of hydrogen-bond donors (Lipinski definition) is 2. The molecule has 1 aromatic heterocycles. The highest BCUT2D eigenvalue weighted by molar-refractivity contribution is 5.92. The van der Waals surface area contributed by atoms with E-state index in [-0.39, 0.29) is 5.91 Å². The summed E-state index contributed by atoms with van der Waals surface area (Å²) in [6, 6.07) is 3.29. The molecule has 2 rings (SSSR count). The Morgan fingerprint density at radius 3 is 2.94 bits per heavy atom. The third-order valence-corrected chi connectivity index (χ3v) is 2.98. The zero-order chi connectivity index (χ0) is 12.3. The molecule has 1 amide bonds. The molecule has 1 atom stereocenters. The van der Waals surface area contributed by atoms with Crippen molar-refractivity contribution >= 4 is 11.7 Å². The van der Waals surface area contributed by atoms with Crippen molar-refractivity contribution in [2.24, 2.45) is 11.8 Å². The Hall–Kier alpha value is -1.69. The van der Waals surface area contributed by atoms with Gasteiger partial charge in [0.25, 0.3) is 5.91 Å². The van der Waals surface area contributed by atoms with Gasteiger partial charge < -0.3 is 10.3 Å². The maximum Gasteiger partial charge on any atom is 0.274 e. The summed E-state index contributed by atoms with van der Waals surface area (Å²) >= 11 is 0. The second-order valence-electron chi connectivity index (χ2n) is 4.45. The van der Waals surface area contributed by atoms with Gasteiger partial charge >= 0.3 is 0 Å². The van der Waals surface area contributed by atoms with Gasteiger partial charge in [0.05, 0.1) is 0 Å². The number of amides is 1. The standard InChI is InChI=1S/C11H17N5O/c1-8-3-2-6-16(7-8)11(17)9-4-5-10(13-12)15-14-9/h4-5,8H,2-3,6-7,12H2,1H3,(H,13,15). The Morgan fingerprint density at radius 1 is 1.53 bits per heavy atom. The summed E-state index contributed by atoms with van der Waals surface area (Å²) in [7, 11) is 0. The number of aromatic nitrogens is 2. The molecule has 92 valence electrons. The van der Waals surface area contributed by atoms with Crippen molar-refractivity contribution in [2.45, 2.75) is 19.8 Å². The van der Waals surface area contributed by atoms with Crippen LogP contribution in [-0.2, 0) is 0 Å². The molecule has 1 unspecified atom stereocenters. The Kier molecular flexibility index (Phi) is 3.53. The van der Waals surface area contributed by atoms with E-state index in [2.05, 4.69) is 22.5 Å². The maximum absolute atomic E-state index is 12.1. The van der Waals surface area contributed by atoms with Gasteiger partial charge in [-0.1, -0.05) is 6.92 Å². The summed E-state index contributed by atoms with van der Waals surface area (Å²) in [6.07, 6.45) is 2.24. The smallest absolute Gasteiger partial charge is 0.274 e. The largest absolute Gasteiger partial charge is 0.337 e.